The lowest BCUT2D eigenvalue weighted by molar-refractivity contribution is -0.143. The van der Waals surface area contributed by atoms with Crippen LogP contribution in [0.2, 0.25) is 0 Å². The lowest BCUT2D eigenvalue weighted by atomic mass is 10.1. The fourth-order valence-electron chi connectivity index (χ4n) is 3.84. The van der Waals surface area contributed by atoms with Gasteiger partial charge in [-0.3, -0.25) is 15.0 Å². The number of hydrogen-bond acceptors (Lipinski definition) is 6. The first kappa shape index (κ1) is 34.8. The predicted molar refractivity (Wildman–Crippen MR) is 154 cm³/mol. The number of rotatable bonds is 27. The van der Waals surface area contributed by atoms with Crippen molar-refractivity contribution in [3.63, 3.8) is 0 Å². The number of nitrogens with one attached hydrogen (secondary N) is 2. The second kappa shape index (κ2) is 28.3. The Morgan fingerprint density at radius 2 is 1.08 bits per heavy atom. The maximum absolute atomic E-state index is 11.8. The molecule has 0 aromatic rings. The monoisotopic (exact) mass is 528 g/mol. The van der Waals surface area contributed by atoms with E-state index in [-0.39, 0.29) is 18.5 Å². The largest absolute Gasteiger partial charge is 0.466 e. The molecule has 0 aromatic carbocycles. The molecule has 0 atom stereocenters. The van der Waals surface area contributed by atoms with Crippen molar-refractivity contribution in [1.82, 2.24) is 5.32 Å². The summed E-state index contributed by atoms with van der Waals surface area (Å²) in [6, 6.07) is 0. The van der Waals surface area contributed by atoms with E-state index in [0.29, 0.717) is 31.9 Å². The maximum Gasteiger partial charge on any atom is 0.325 e. The van der Waals surface area contributed by atoms with E-state index in [1.807, 2.05) is 0 Å². The average molecular weight is 529 g/mol. The molecule has 0 aliphatic carbocycles. The predicted octanol–water partition coefficient (Wildman–Crippen LogP) is 7.82. The molecule has 2 N–H and O–H groups in total. The standard InChI is InChI=1S/C29H56N2O4S/c1-3-5-7-9-11-12-13-14-16-17-22-34-28(32)21-25-36-24-19-20-27(30)31-26-29(33)35-23-18-15-10-8-6-4-2/h3-26H2,1-2H3,(H2,30,31). The minimum atomic E-state index is -0.293. The highest BCUT2D eigenvalue weighted by molar-refractivity contribution is 7.99. The molecule has 0 spiro atoms. The molecule has 0 aromatic heterocycles. The van der Waals surface area contributed by atoms with Gasteiger partial charge in [0.2, 0.25) is 0 Å². The van der Waals surface area contributed by atoms with Crippen molar-refractivity contribution in [2.75, 3.05) is 31.3 Å². The van der Waals surface area contributed by atoms with Gasteiger partial charge in [-0.1, -0.05) is 104 Å². The van der Waals surface area contributed by atoms with Crippen molar-refractivity contribution >= 4 is 29.5 Å². The van der Waals surface area contributed by atoms with Crippen molar-refractivity contribution in [3.05, 3.63) is 0 Å². The smallest absolute Gasteiger partial charge is 0.325 e. The number of unbranched alkanes of at least 4 members (excludes halogenated alkanes) is 14. The molecular formula is C29H56N2O4S. The van der Waals surface area contributed by atoms with Gasteiger partial charge in [-0.15, -0.1) is 0 Å². The molecule has 0 bridgehead atoms. The molecule has 7 heteroatoms. The normalized spacial score (nSPS) is 10.8. The second-order valence-corrected chi connectivity index (χ2v) is 10.9. The van der Waals surface area contributed by atoms with Crippen LogP contribution in [-0.4, -0.2) is 49.0 Å². The van der Waals surface area contributed by atoms with Gasteiger partial charge in [0.25, 0.3) is 0 Å². The molecule has 0 radical (unpaired) electrons. The van der Waals surface area contributed by atoms with Crippen LogP contribution in [0.15, 0.2) is 0 Å². The highest BCUT2D eigenvalue weighted by atomic mass is 32.2. The quantitative estimate of drug-likeness (QED) is 0.0489. The van der Waals surface area contributed by atoms with Crippen LogP contribution < -0.4 is 5.32 Å². The zero-order chi connectivity index (χ0) is 26.5. The Hall–Kier alpha value is -1.24. The van der Waals surface area contributed by atoms with Gasteiger partial charge in [0.1, 0.15) is 6.54 Å². The number of amidine groups is 1. The van der Waals surface area contributed by atoms with E-state index >= 15 is 0 Å². The minimum absolute atomic E-state index is 0.0622. The van der Waals surface area contributed by atoms with E-state index in [9.17, 15) is 9.59 Å². The summed E-state index contributed by atoms with van der Waals surface area (Å²) in [4.78, 5) is 23.5. The first-order chi connectivity index (χ1) is 17.6. The molecule has 6 nitrogen and oxygen atoms in total. The van der Waals surface area contributed by atoms with Gasteiger partial charge in [-0.05, 0) is 25.0 Å². The summed E-state index contributed by atoms with van der Waals surface area (Å²) in [7, 11) is 0. The number of esters is 2. The minimum Gasteiger partial charge on any atom is -0.466 e. The second-order valence-electron chi connectivity index (χ2n) is 9.69. The maximum atomic E-state index is 11.8. The highest BCUT2D eigenvalue weighted by Crippen LogP contribution is 2.11. The first-order valence-corrected chi connectivity index (χ1v) is 16.0. The van der Waals surface area contributed by atoms with E-state index in [1.54, 1.807) is 11.8 Å². The summed E-state index contributed by atoms with van der Waals surface area (Å²) >= 11 is 1.71. The van der Waals surface area contributed by atoms with Crippen molar-refractivity contribution in [2.24, 2.45) is 0 Å². The van der Waals surface area contributed by atoms with Gasteiger partial charge in [0.15, 0.2) is 0 Å². The molecule has 0 rings (SSSR count). The molecule has 0 saturated carbocycles. The zero-order valence-corrected chi connectivity index (χ0v) is 24.3. The van der Waals surface area contributed by atoms with Crippen LogP contribution in [-0.2, 0) is 19.1 Å². The van der Waals surface area contributed by atoms with E-state index in [2.05, 4.69) is 19.2 Å². The summed E-state index contributed by atoms with van der Waals surface area (Å²) in [5.41, 5.74) is 0. The van der Waals surface area contributed by atoms with Gasteiger partial charge < -0.3 is 14.8 Å². The molecule has 0 fully saturated rings. The molecule has 0 aliphatic rings. The summed E-state index contributed by atoms with van der Waals surface area (Å²) < 4.78 is 10.5. The summed E-state index contributed by atoms with van der Waals surface area (Å²) in [6.07, 6.45) is 21.6. The number of carbonyl (C=O) groups is 2. The Morgan fingerprint density at radius 1 is 0.611 bits per heavy atom. The zero-order valence-electron chi connectivity index (χ0n) is 23.5. The molecule has 0 aliphatic heterocycles. The molecule has 36 heavy (non-hydrogen) atoms. The van der Waals surface area contributed by atoms with Gasteiger partial charge in [0, 0.05) is 12.2 Å². The van der Waals surface area contributed by atoms with Crippen LogP contribution in [0.25, 0.3) is 0 Å². The Balaban J connectivity index is 3.38. The first-order valence-electron chi connectivity index (χ1n) is 14.8. The van der Waals surface area contributed by atoms with E-state index in [4.69, 9.17) is 14.9 Å². The van der Waals surface area contributed by atoms with Gasteiger partial charge in [-0.2, -0.15) is 11.8 Å². The van der Waals surface area contributed by atoms with Crippen molar-refractivity contribution in [2.45, 2.75) is 136 Å². The molecule has 212 valence electrons. The van der Waals surface area contributed by atoms with Crippen molar-refractivity contribution in [1.29, 1.82) is 5.41 Å². The third kappa shape index (κ3) is 27.3. The SMILES string of the molecule is CCCCCCCCCCCCOC(=O)CCSCCCC(=N)NCC(=O)OCCCCCCCC. The van der Waals surface area contributed by atoms with E-state index in [0.717, 1.165) is 43.6 Å². The summed E-state index contributed by atoms with van der Waals surface area (Å²) in [5.74, 6) is 1.61. The Bertz CT molecular complexity index is 531. The number of thioether (sulfide) groups is 1. The van der Waals surface area contributed by atoms with Crippen LogP contribution in [0, 0.1) is 5.41 Å². The van der Waals surface area contributed by atoms with Gasteiger partial charge >= 0.3 is 11.9 Å². The Kier molecular flexibility index (Phi) is 27.4. The van der Waals surface area contributed by atoms with Crippen molar-refractivity contribution in [3.8, 4) is 0 Å². The molecular weight excluding hydrogens is 472 g/mol. The van der Waals surface area contributed by atoms with Gasteiger partial charge in [0.05, 0.1) is 25.5 Å². The van der Waals surface area contributed by atoms with Crippen LogP contribution >= 0.6 is 11.8 Å². The van der Waals surface area contributed by atoms with E-state index < -0.39 is 0 Å². The summed E-state index contributed by atoms with van der Waals surface area (Å²) in [5, 5.41) is 10.8. The van der Waals surface area contributed by atoms with Crippen LogP contribution in [0.3, 0.4) is 0 Å². The lowest BCUT2D eigenvalue weighted by Crippen LogP contribution is -2.30. The molecule has 0 amide bonds. The summed E-state index contributed by atoms with van der Waals surface area (Å²) in [6.45, 7) is 5.53. The topological polar surface area (TPSA) is 88.5 Å². The van der Waals surface area contributed by atoms with Crippen LogP contribution in [0.5, 0.6) is 0 Å². The number of ether oxygens (including phenoxy) is 2. The number of hydrogen-bond donors (Lipinski definition) is 2. The highest BCUT2D eigenvalue weighted by Gasteiger charge is 2.06. The van der Waals surface area contributed by atoms with Gasteiger partial charge in [-0.25, -0.2) is 0 Å². The third-order valence-electron chi connectivity index (χ3n) is 6.13. The fraction of sp³-hybridized carbons (Fsp3) is 0.897. The third-order valence-corrected chi connectivity index (χ3v) is 7.20. The van der Waals surface area contributed by atoms with E-state index in [1.165, 1.54) is 77.0 Å². The Morgan fingerprint density at radius 3 is 1.61 bits per heavy atom. The molecule has 0 saturated heterocycles. The number of carbonyl (C=O) groups excluding carboxylic acids is 2. The van der Waals surface area contributed by atoms with Crippen LogP contribution in [0.4, 0.5) is 0 Å². The molecule has 0 heterocycles. The average Bonchev–Trinajstić information content (AvgIpc) is 2.87. The fourth-order valence-corrected chi connectivity index (χ4v) is 4.71. The lowest BCUT2D eigenvalue weighted by Gasteiger charge is -2.08. The van der Waals surface area contributed by atoms with Crippen LogP contribution in [0.1, 0.15) is 136 Å². The molecule has 0 unspecified atom stereocenters. The Labute approximate surface area is 226 Å². The van der Waals surface area contributed by atoms with Crippen molar-refractivity contribution < 1.29 is 19.1 Å².